The quantitative estimate of drug-likeness (QED) is 0.804. The highest BCUT2D eigenvalue weighted by Crippen LogP contribution is 2.25. The maximum Gasteiger partial charge on any atom is 0.227 e. The fraction of sp³-hybridized carbons (Fsp3) is 0.500. The van der Waals surface area contributed by atoms with E-state index in [1.807, 2.05) is 0 Å². The molecule has 1 N–H and O–H groups in total. The number of halogens is 1. The van der Waals surface area contributed by atoms with Crippen molar-refractivity contribution in [2.24, 2.45) is 5.92 Å². The first-order valence-electron chi connectivity index (χ1n) is 5.68. The second-order valence-corrected chi connectivity index (χ2v) is 4.58. The first-order valence-corrected chi connectivity index (χ1v) is 6.06. The Labute approximate surface area is 100 Å². The van der Waals surface area contributed by atoms with Crippen LogP contribution in [0.15, 0.2) is 18.3 Å². The number of hydrogen-bond donors (Lipinski definition) is 1. The summed E-state index contributed by atoms with van der Waals surface area (Å²) in [6.07, 6.45) is 7.18. The molecule has 16 heavy (non-hydrogen) atoms. The van der Waals surface area contributed by atoms with Crippen LogP contribution in [0.25, 0.3) is 0 Å². The van der Waals surface area contributed by atoms with E-state index >= 15 is 0 Å². The van der Waals surface area contributed by atoms with E-state index < -0.39 is 0 Å². The lowest BCUT2D eigenvalue weighted by Crippen LogP contribution is -2.24. The van der Waals surface area contributed by atoms with Gasteiger partial charge >= 0.3 is 0 Å². The number of rotatable bonds is 2. The summed E-state index contributed by atoms with van der Waals surface area (Å²) in [4.78, 5) is 15.8. The lowest BCUT2D eigenvalue weighted by atomic mass is 9.88. The minimum Gasteiger partial charge on any atom is -0.326 e. The standard InChI is InChI=1S/C12H15ClN2O/c13-11-8-10(6-7-14-11)15-12(16)9-4-2-1-3-5-9/h6-9H,1-5H2,(H,14,15,16). The lowest BCUT2D eigenvalue weighted by molar-refractivity contribution is -0.120. The fourth-order valence-corrected chi connectivity index (χ4v) is 2.26. The molecule has 0 aromatic carbocycles. The van der Waals surface area contributed by atoms with Crippen LogP contribution in [0.4, 0.5) is 5.69 Å². The topological polar surface area (TPSA) is 42.0 Å². The van der Waals surface area contributed by atoms with Crippen LogP contribution < -0.4 is 5.32 Å². The zero-order valence-corrected chi connectivity index (χ0v) is 9.83. The van der Waals surface area contributed by atoms with E-state index in [4.69, 9.17) is 11.6 Å². The molecule has 0 unspecified atom stereocenters. The summed E-state index contributed by atoms with van der Waals surface area (Å²) in [6.45, 7) is 0. The van der Waals surface area contributed by atoms with Crippen LogP contribution in [0.5, 0.6) is 0 Å². The molecule has 3 nitrogen and oxygen atoms in total. The van der Waals surface area contributed by atoms with Gasteiger partial charge in [-0.3, -0.25) is 4.79 Å². The monoisotopic (exact) mass is 238 g/mol. The highest BCUT2D eigenvalue weighted by atomic mass is 35.5. The molecular weight excluding hydrogens is 224 g/mol. The number of aromatic nitrogens is 1. The molecule has 0 bridgehead atoms. The predicted octanol–water partition coefficient (Wildman–Crippen LogP) is 3.25. The molecule has 1 amide bonds. The van der Waals surface area contributed by atoms with E-state index in [1.165, 1.54) is 6.42 Å². The normalized spacial score (nSPS) is 17.1. The molecule has 0 saturated heterocycles. The third-order valence-corrected chi connectivity index (χ3v) is 3.18. The minimum absolute atomic E-state index is 0.113. The molecule has 0 aliphatic heterocycles. The molecule has 0 radical (unpaired) electrons. The number of amides is 1. The number of carbonyl (C=O) groups is 1. The molecule has 0 atom stereocenters. The number of pyridine rings is 1. The summed E-state index contributed by atoms with van der Waals surface area (Å²) in [5, 5.41) is 3.29. The SMILES string of the molecule is O=C(Nc1ccnc(Cl)c1)C1CCCCC1. The van der Waals surface area contributed by atoms with Gasteiger partial charge in [-0.1, -0.05) is 30.9 Å². The van der Waals surface area contributed by atoms with Crippen molar-refractivity contribution in [3.63, 3.8) is 0 Å². The van der Waals surface area contributed by atoms with Crippen molar-refractivity contribution in [2.45, 2.75) is 32.1 Å². The molecule has 1 aliphatic carbocycles. The van der Waals surface area contributed by atoms with Gasteiger partial charge in [0.25, 0.3) is 0 Å². The third kappa shape index (κ3) is 2.95. The summed E-state index contributed by atoms with van der Waals surface area (Å²) >= 11 is 5.75. The van der Waals surface area contributed by atoms with E-state index in [0.29, 0.717) is 5.15 Å². The van der Waals surface area contributed by atoms with Gasteiger partial charge in [-0.25, -0.2) is 4.98 Å². The Kier molecular flexibility index (Phi) is 3.78. The van der Waals surface area contributed by atoms with E-state index in [9.17, 15) is 4.79 Å². The Morgan fingerprint density at radius 3 is 2.81 bits per heavy atom. The van der Waals surface area contributed by atoms with Crippen LogP contribution in [-0.4, -0.2) is 10.9 Å². The van der Waals surface area contributed by atoms with Crippen molar-refractivity contribution >= 4 is 23.2 Å². The molecule has 1 aliphatic rings. The van der Waals surface area contributed by atoms with Crippen LogP contribution in [-0.2, 0) is 4.79 Å². The second-order valence-electron chi connectivity index (χ2n) is 4.19. The Bertz CT molecular complexity index is 375. The minimum atomic E-state index is 0.113. The first-order chi connectivity index (χ1) is 7.75. The van der Waals surface area contributed by atoms with Crippen molar-refractivity contribution in [3.8, 4) is 0 Å². The van der Waals surface area contributed by atoms with Gasteiger partial charge in [-0.05, 0) is 25.0 Å². The molecule has 2 rings (SSSR count). The third-order valence-electron chi connectivity index (χ3n) is 2.97. The number of nitrogens with zero attached hydrogens (tertiary/aromatic N) is 1. The van der Waals surface area contributed by atoms with Crippen molar-refractivity contribution < 1.29 is 4.79 Å². The second kappa shape index (κ2) is 5.30. The molecule has 86 valence electrons. The maximum absolute atomic E-state index is 11.9. The van der Waals surface area contributed by atoms with E-state index in [1.54, 1.807) is 18.3 Å². The predicted molar refractivity (Wildman–Crippen MR) is 64.5 cm³/mol. The summed E-state index contributed by atoms with van der Waals surface area (Å²) in [5.74, 6) is 0.280. The fourth-order valence-electron chi connectivity index (χ4n) is 2.09. The van der Waals surface area contributed by atoms with Crippen LogP contribution in [0, 0.1) is 5.92 Å². The van der Waals surface area contributed by atoms with Gasteiger partial charge < -0.3 is 5.32 Å². The summed E-state index contributed by atoms with van der Waals surface area (Å²) in [6, 6.07) is 3.43. The molecule has 1 heterocycles. The van der Waals surface area contributed by atoms with Crippen LogP contribution in [0.2, 0.25) is 5.15 Å². The average Bonchev–Trinajstić information content (AvgIpc) is 2.30. The van der Waals surface area contributed by atoms with Gasteiger partial charge in [0.1, 0.15) is 5.15 Å². The summed E-state index contributed by atoms with van der Waals surface area (Å²) < 4.78 is 0. The van der Waals surface area contributed by atoms with E-state index in [-0.39, 0.29) is 11.8 Å². The number of nitrogens with one attached hydrogen (secondary N) is 1. The average molecular weight is 239 g/mol. The highest BCUT2D eigenvalue weighted by molar-refractivity contribution is 6.29. The smallest absolute Gasteiger partial charge is 0.227 e. The number of anilines is 1. The molecule has 0 spiro atoms. The van der Waals surface area contributed by atoms with Crippen molar-refractivity contribution in [1.82, 2.24) is 4.98 Å². The Hall–Kier alpha value is -1.09. The maximum atomic E-state index is 11.9. The van der Waals surface area contributed by atoms with Crippen molar-refractivity contribution in [2.75, 3.05) is 5.32 Å². The molecule has 4 heteroatoms. The number of carbonyl (C=O) groups excluding carboxylic acids is 1. The van der Waals surface area contributed by atoms with Gasteiger partial charge in [0.2, 0.25) is 5.91 Å². The number of hydrogen-bond acceptors (Lipinski definition) is 2. The van der Waals surface area contributed by atoms with Crippen molar-refractivity contribution in [1.29, 1.82) is 0 Å². The summed E-state index contributed by atoms with van der Waals surface area (Å²) in [5.41, 5.74) is 0.732. The largest absolute Gasteiger partial charge is 0.326 e. The van der Waals surface area contributed by atoms with E-state index in [2.05, 4.69) is 10.3 Å². The molecular formula is C12H15ClN2O. The van der Waals surface area contributed by atoms with Gasteiger partial charge in [-0.2, -0.15) is 0 Å². The Balaban J connectivity index is 1.96. The van der Waals surface area contributed by atoms with Crippen LogP contribution in [0.1, 0.15) is 32.1 Å². The molecule has 1 aromatic rings. The van der Waals surface area contributed by atoms with Crippen LogP contribution in [0.3, 0.4) is 0 Å². The van der Waals surface area contributed by atoms with Gasteiger partial charge in [0.15, 0.2) is 0 Å². The van der Waals surface area contributed by atoms with Crippen molar-refractivity contribution in [3.05, 3.63) is 23.5 Å². The van der Waals surface area contributed by atoms with Gasteiger partial charge in [0.05, 0.1) is 0 Å². The van der Waals surface area contributed by atoms with Gasteiger partial charge in [-0.15, -0.1) is 0 Å². The Morgan fingerprint density at radius 2 is 2.12 bits per heavy atom. The molecule has 1 saturated carbocycles. The first kappa shape index (κ1) is 11.4. The highest BCUT2D eigenvalue weighted by Gasteiger charge is 2.20. The lowest BCUT2D eigenvalue weighted by Gasteiger charge is -2.20. The van der Waals surface area contributed by atoms with Gasteiger partial charge in [0, 0.05) is 17.8 Å². The van der Waals surface area contributed by atoms with Crippen LogP contribution >= 0.6 is 11.6 Å². The summed E-state index contributed by atoms with van der Waals surface area (Å²) in [7, 11) is 0. The Morgan fingerprint density at radius 1 is 1.38 bits per heavy atom. The zero-order chi connectivity index (χ0) is 11.4. The zero-order valence-electron chi connectivity index (χ0n) is 9.08. The van der Waals surface area contributed by atoms with E-state index in [0.717, 1.165) is 31.4 Å². The molecule has 1 fully saturated rings. The molecule has 1 aromatic heterocycles.